The van der Waals surface area contributed by atoms with Crippen molar-refractivity contribution >= 4 is 11.7 Å². The minimum atomic E-state index is -0.674. The van der Waals surface area contributed by atoms with E-state index in [0.29, 0.717) is 17.3 Å². The maximum atomic E-state index is 11.5. The Morgan fingerprint density at radius 1 is 1.39 bits per heavy atom. The van der Waals surface area contributed by atoms with Gasteiger partial charge < -0.3 is 14.8 Å². The monoisotopic (exact) mass is 310 g/mol. The normalized spacial score (nSPS) is 10.5. The van der Waals surface area contributed by atoms with E-state index in [4.69, 9.17) is 14.7 Å². The van der Waals surface area contributed by atoms with Crippen LogP contribution in [0.25, 0.3) is 0 Å². The second kappa shape index (κ2) is 8.14. The van der Waals surface area contributed by atoms with Crippen LogP contribution in [0.2, 0.25) is 0 Å². The van der Waals surface area contributed by atoms with Gasteiger partial charge >= 0.3 is 5.97 Å². The molecule has 2 heterocycles. The van der Waals surface area contributed by atoms with Crippen molar-refractivity contribution in [2.45, 2.75) is 6.92 Å². The van der Waals surface area contributed by atoms with Gasteiger partial charge in [-0.05, 0) is 25.1 Å². The summed E-state index contributed by atoms with van der Waals surface area (Å²) in [4.78, 5) is 19.5. The lowest BCUT2D eigenvalue weighted by molar-refractivity contribution is -0.138. The summed E-state index contributed by atoms with van der Waals surface area (Å²) < 4.78 is 10.3. The quantitative estimate of drug-likeness (QED) is 0.497. The number of rotatable bonds is 6. The molecule has 0 radical (unpaired) electrons. The number of aromatic nitrogens is 2. The lowest BCUT2D eigenvalue weighted by Crippen LogP contribution is -2.07. The smallest absolute Gasteiger partial charge is 0.350 e. The number of nitrogens with one attached hydrogen (secondary N) is 1. The minimum absolute atomic E-state index is 0.123. The van der Waals surface area contributed by atoms with Crippen LogP contribution < -0.4 is 10.1 Å². The Bertz CT molecular complexity index is 721. The molecule has 1 N–H and O–H groups in total. The highest BCUT2D eigenvalue weighted by Gasteiger charge is 2.09. The first-order valence-corrected chi connectivity index (χ1v) is 6.80. The first kappa shape index (κ1) is 16.0. The maximum Gasteiger partial charge on any atom is 0.350 e. The zero-order valence-corrected chi connectivity index (χ0v) is 12.4. The van der Waals surface area contributed by atoms with Crippen molar-refractivity contribution in [3.63, 3.8) is 0 Å². The fraction of sp³-hybridized carbons (Fsp3) is 0.125. The van der Waals surface area contributed by atoms with Crippen LogP contribution in [0.1, 0.15) is 6.92 Å². The summed E-state index contributed by atoms with van der Waals surface area (Å²) in [5.74, 6) is 0.306. The average molecular weight is 310 g/mol. The molecule has 0 atom stereocenters. The highest BCUT2D eigenvalue weighted by molar-refractivity contribution is 5.93. The van der Waals surface area contributed by atoms with Crippen molar-refractivity contribution in [3.05, 3.63) is 54.6 Å². The Balaban J connectivity index is 2.00. The first-order valence-electron chi connectivity index (χ1n) is 6.80. The van der Waals surface area contributed by atoms with Gasteiger partial charge in [0.25, 0.3) is 0 Å². The van der Waals surface area contributed by atoms with E-state index in [9.17, 15) is 4.79 Å². The third-order valence-electron chi connectivity index (χ3n) is 2.59. The molecule has 116 valence electrons. The zero-order valence-electron chi connectivity index (χ0n) is 12.4. The molecule has 23 heavy (non-hydrogen) atoms. The number of carbonyl (C=O) groups excluding carboxylic acids is 1. The third-order valence-corrected chi connectivity index (χ3v) is 2.59. The van der Waals surface area contributed by atoms with E-state index in [2.05, 4.69) is 15.3 Å². The lowest BCUT2D eigenvalue weighted by atomic mass is 10.3. The molecule has 0 fully saturated rings. The largest absolute Gasteiger partial charge is 0.462 e. The van der Waals surface area contributed by atoms with Crippen LogP contribution in [0, 0.1) is 11.3 Å². The molecule has 0 aliphatic carbocycles. The summed E-state index contributed by atoms with van der Waals surface area (Å²) in [7, 11) is 0. The van der Waals surface area contributed by atoms with Gasteiger partial charge in [-0.15, -0.1) is 0 Å². The summed E-state index contributed by atoms with van der Waals surface area (Å²) in [5, 5.41) is 11.7. The van der Waals surface area contributed by atoms with E-state index in [1.54, 1.807) is 49.7 Å². The van der Waals surface area contributed by atoms with Crippen molar-refractivity contribution in [1.29, 1.82) is 5.26 Å². The highest BCUT2D eigenvalue weighted by atomic mass is 16.5. The molecule has 0 saturated heterocycles. The van der Waals surface area contributed by atoms with Crippen molar-refractivity contribution in [2.75, 3.05) is 11.9 Å². The number of ether oxygens (including phenoxy) is 2. The van der Waals surface area contributed by atoms with Gasteiger partial charge in [0.1, 0.15) is 11.8 Å². The van der Waals surface area contributed by atoms with E-state index in [1.807, 2.05) is 0 Å². The van der Waals surface area contributed by atoms with Crippen molar-refractivity contribution in [3.8, 4) is 17.7 Å². The maximum absolute atomic E-state index is 11.5. The fourth-order valence-corrected chi connectivity index (χ4v) is 1.56. The van der Waals surface area contributed by atoms with Gasteiger partial charge in [-0.3, -0.25) is 4.98 Å². The molecule has 0 aliphatic rings. The summed E-state index contributed by atoms with van der Waals surface area (Å²) >= 11 is 0. The number of hydrogen-bond donors (Lipinski definition) is 1. The second-order valence-electron chi connectivity index (χ2n) is 4.21. The van der Waals surface area contributed by atoms with E-state index in [1.165, 1.54) is 12.4 Å². The van der Waals surface area contributed by atoms with Gasteiger partial charge in [0.2, 0.25) is 5.88 Å². The number of nitrogens with zero attached hydrogens (tertiary/aromatic N) is 3. The summed E-state index contributed by atoms with van der Waals surface area (Å²) in [6.07, 6.45) is 6.02. The molecule has 0 saturated carbocycles. The molecular weight excluding hydrogens is 296 g/mol. The van der Waals surface area contributed by atoms with Gasteiger partial charge in [0.15, 0.2) is 5.57 Å². The van der Waals surface area contributed by atoms with Crippen LogP contribution in [0.4, 0.5) is 5.69 Å². The lowest BCUT2D eigenvalue weighted by Gasteiger charge is -2.05. The standard InChI is InChI=1S/C16H14N4O3/c1-2-22-16(21)12(8-17)9-19-13-5-6-15(20-10-13)23-14-4-3-7-18-11-14/h3-7,9-11,19H,2H2,1H3. The summed E-state index contributed by atoms with van der Waals surface area (Å²) in [6.45, 7) is 1.88. The molecule has 2 aromatic rings. The van der Waals surface area contributed by atoms with Crippen LogP contribution in [-0.2, 0) is 9.53 Å². The SMILES string of the molecule is CCOC(=O)C(C#N)=CNc1ccc(Oc2cccnc2)nc1. The second-order valence-corrected chi connectivity index (χ2v) is 4.21. The molecule has 2 rings (SSSR count). The van der Waals surface area contributed by atoms with Crippen molar-refractivity contribution in [2.24, 2.45) is 0 Å². The Kier molecular flexibility index (Phi) is 5.66. The van der Waals surface area contributed by atoms with Crippen LogP contribution in [0.5, 0.6) is 11.6 Å². The highest BCUT2D eigenvalue weighted by Crippen LogP contribution is 2.19. The molecule has 0 amide bonds. The predicted octanol–water partition coefficient (Wildman–Crippen LogP) is 2.65. The Labute approximate surface area is 133 Å². The number of pyridine rings is 2. The summed E-state index contributed by atoms with van der Waals surface area (Å²) in [6, 6.07) is 8.65. The minimum Gasteiger partial charge on any atom is -0.462 e. The molecule has 0 bridgehead atoms. The van der Waals surface area contributed by atoms with Crippen LogP contribution >= 0.6 is 0 Å². The molecule has 2 aromatic heterocycles. The number of carbonyl (C=O) groups is 1. The molecule has 7 nitrogen and oxygen atoms in total. The van der Waals surface area contributed by atoms with E-state index in [0.717, 1.165) is 0 Å². The van der Waals surface area contributed by atoms with Crippen LogP contribution in [-0.4, -0.2) is 22.5 Å². The van der Waals surface area contributed by atoms with E-state index >= 15 is 0 Å². The number of nitriles is 1. The molecule has 0 aromatic carbocycles. The third kappa shape index (κ3) is 4.82. The zero-order chi connectivity index (χ0) is 16.5. The van der Waals surface area contributed by atoms with Gasteiger partial charge in [0.05, 0.1) is 24.7 Å². The molecule has 0 spiro atoms. The Morgan fingerprint density at radius 2 is 2.26 bits per heavy atom. The molecule has 7 heteroatoms. The van der Waals surface area contributed by atoms with Crippen molar-refractivity contribution < 1.29 is 14.3 Å². The average Bonchev–Trinajstić information content (AvgIpc) is 2.58. The first-order chi connectivity index (χ1) is 11.2. The summed E-state index contributed by atoms with van der Waals surface area (Å²) in [5.41, 5.74) is 0.475. The number of hydrogen-bond acceptors (Lipinski definition) is 7. The number of anilines is 1. The van der Waals surface area contributed by atoms with Gasteiger partial charge in [-0.2, -0.15) is 5.26 Å². The predicted molar refractivity (Wildman–Crippen MR) is 82.5 cm³/mol. The molecule has 0 aliphatic heterocycles. The van der Waals surface area contributed by atoms with Crippen LogP contribution in [0.3, 0.4) is 0 Å². The Morgan fingerprint density at radius 3 is 2.87 bits per heavy atom. The molecule has 0 unspecified atom stereocenters. The topological polar surface area (TPSA) is 97.1 Å². The van der Waals surface area contributed by atoms with Gasteiger partial charge in [0, 0.05) is 18.5 Å². The van der Waals surface area contributed by atoms with E-state index in [-0.39, 0.29) is 12.2 Å². The van der Waals surface area contributed by atoms with E-state index < -0.39 is 5.97 Å². The molecular formula is C16H14N4O3. The van der Waals surface area contributed by atoms with Gasteiger partial charge in [-0.1, -0.05) is 0 Å². The fourth-order valence-electron chi connectivity index (χ4n) is 1.56. The number of esters is 1. The van der Waals surface area contributed by atoms with Crippen LogP contribution in [0.15, 0.2) is 54.6 Å². The Hall–Kier alpha value is -3.40. The van der Waals surface area contributed by atoms with Gasteiger partial charge in [-0.25, -0.2) is 9.78 Å². The van der Waals surface area contributed by atoms with Crippen molar-refractivity contribution in [1.82, 2.24) is 9.97 Å².